The van der Waals surface area contributed by atoms with Gasteiger partial charge in [0.15, 0.2) is 0 Å². The molecule has 0 amide bonds. The second-order valence-electron chi connectivity index (χ2n) is 4.21. The van der Waals surface area contributed by atoms with Gasteiger partial charge in [-0.05, 0) is 35.6 Å². The van der Waals surface area contributed by atoms with Gasteiger partial charge in [-0.1, -0.05) is 17.7 Å². The molecule has 0 spiro atoms. The topological polar surface area (TPSA) is 29.3 Å². The lowest BCUT2D eigenvalue weighted by Crippen LogP contribution is -2.30. The lowest BCUT2D eigenvalue weighted by Gasteiger charge is -2.30. The molecule has 0 bridgehead atoms. The Morgan fingerprint density at radius 2 is 2.18 bits per heavy atom. The van der Waals surface area contributed by atoms with Crippen molar-refractivity contribution < 1.29 is 0 Å². The predicted octanol–water partition coefficient (Wildman–Crippen LogP) is 3.55. The molecule has 2 aromatic rings. The molecular weight excluding hydrogens is 252 g/mol. The number of thiophene rings is 1. The van der Waals surface area contributed by atoms with Crippen LogP contribution in [-0.2, 0) is 13.0 Å². The molecule has 88 valence electrons. The molecule has 0 fully saturated rings. The minimum absolute atomic E-state index is 0.638. The first kappa shape index (κ1) is 10.9. The summed E-state index contributed by atoms with van der Waals surface area (Å²) in [5, 5.41) is 2.80. The summed E-state index contributed by atoms with van der Waals surface area (Å²) in [5.74, 6) is 0. The van der Waals surface area contributed by atoms with Crippen LogP contribution in [0.1, 0.15) is 10.4 Å². The Morgan fingerprint density at radius 1 is 1.29 bits per heavy atom. The predicted molar refractivity (Wildman–Crippen MR) is 74.9 cm³/mol. The zero-order valence-corrected chi connectivity index (χ0v) is 10.9. The van der Waals surface area contributed by atoms with Crippen LogP contribution in [-0.4, -0.2) is 6.54 Å². The summed E-state index contributed by atoms with van der Waals surface area (Å²) in [6, 6.07) is 8.03. The lowest BCUT2D eigenvalue weighted by atomic mass is 10.1. The van der Waals surface area contributed by atoms with E-state index in [2.05, 4.69) is 16.3 Å². The maximum absolute atomic E-state index is 6.06. The zero-order chi connectivity index (χ0) is 11.8. The van der Waals surface area contributed by atoms with E-state index in [-0.39, 0.29) is 0 Å². The molecule has 0 atom stereocenters. The first-order valence-corrected chi connectivity index (χ1v) is 6.85. The standard InChI is InChI=1S/C13H13ClN2S/c14-10-2-1-3-11(13(10)15)16-6-4-12-9(8-16)5-7-17-12/h1-3,5,7H,4,6,8,15H2. The van der Waals surface area contributed by atoms with E-state index in [0.29, 0.717) is 10.7 Å². The normalized spacial score (nSPS) is 14.8. The van der Waals surface area contributed by atoms with E-state index in [0.717, 1.165) is 25.2 Å². The number of benzene rings is 1. The van der Waals surface area contributed by atoms with Crippen molar-refractivity contribution in [1.29, 1.82) is 0 Å². The fraction of sp³-hybridized carbons (Fsp3) is 0.231. The summed E-state index contributed by atoms with van der Waals surface area (Å²) in [5.41, 5.74) is 9.19. The molecule has 1 aliphatic rings. The van der Waals surface area contributed by atoms with Gasteiger partial charge in [0.25, 0.3) is 0 Å². The van der Waals surface area contributed by atoms with Crippen molar-refractivity contribution >= 4 is 34.3 Å². The van der Waals surface area contributed by atoms with E-state index in [1.54, 1.807) is 0 Å². The summed E-state index contributed by atoms with van der Waals surface area (Å²) in [6.45, 7) is 1.95. The average Bonchev–Trinajstić information content (AvgIpc) is 2.79. The highest BCUT2D eigenvalue weighted by Crippen LogP contribution is 2.34. The first-order chi connectivity index (χ1) is 8.25. The number of nitrogens with zero attached hydrogens (tertiary/aromatic N) is 1. The largest absolute Gasteiger partial charge is 0.396 e. The third-order valence-electron chi connectivity index (χ3n) is 3.18. The summed E-state index contributed by atoms with van der Waals surface area (Å²) in [6.07, 6.45) is 1.10. The second kappa shape index (κ2) is 4.24. The number of nitrogen functional groups attached to an aromatic ring is 1. The van der Waals surface area contributed by atoms with Crippen LogP contribution in [0.2, 0.25) is 5.02 Å². The number of fused-ring (bicyclic) bond motifs is 1. The maximum atomic E-state index is 6.06. The summed E-state index contributed by atoms with van der Waals surface area (Å²) in [7, 11) is 0. The minimum Gasteiger partial charge on any atom is -0.396 e. The SMILES string of the molecule is Nc1c(Cl)cccc1N1CCc2sccc2C1. The average molecular weight is 265 g/mol. The van der Waals surface area contributed by atoms with Crippen LogP contribution in [0.15, 0.2) is 29.6 Å². The van der Waals surface area contributed by atoms with Gasteiger partial charge in [0.2, 0.25) is 0 Å². The molecule has 2 nitrogen and oxygen atoms in total. The number of hydrogen-bond donors (Lipinski definition) is 1. The van der Waals surface area contributed by atoms with Gasteiger partial charge in [0.05, 0.1) is 16.4 Å². The number of rotatable bonds is 1. The molecule has 0 saturated heterocycles. The van der Waals surface area contributed by atoms with Gasteiger partial charge in [-0.2, -0.15) is 0 Å². The van der Waals surface area contributed by atoms with Crippen LogP contribution in [0.3, 0.4) is 0 Å². The lowest BCUT2D eigenvalue weighted by molar-refractivity contribution is 0.745. The quantitative estimate of drug-likeness (QED) is 0.799. The number of para-hydroxylation sites is 1. The molecule has 3 rings (SSSR count). The van der Waals surface area contributed by atoms with Crippen molar-refractivity contribution in [1.82, 2.24) is 0 Å². The summed E-state index contributed by atoms with van der Waals surface area (Å²) in [4.78, 5) is 3.80. The zero-order valence-electron chi connectivity index (χ0n) is 9.32. The van der Waals surface area contributed by atoms with E-state index in [4.69, 9.17) is 17.3 Å². The molecule has 4 heteroatoms. The van der Waals surface area contributed by atoms with E-state index in [1.165, 1.54) is 10.4 Å². The number of hydrogen-bond acceptors (Lipinski definition) is 3. The van der Waals surface area contributed by atoms with E-state index >= 15 is 0 Å². The van der Waals surface area contributed by atoms with Crippen LogP contribution in [0, 0.1) is 0 Å². The fourth-order valence-electron chi connectivity index (χ4n) is 2.26. The Kier molecular flexibility index (Phi) is 2.73. The third-order valence-corrected chi connectivity index (χ3v) is 4.53. The Bertz CT molecular complexity index is 550. The highest BCUT2D eigenvalue weighted by Gasteiger charge is 2.19. The van der Waals surface area contributed by atoms with Gasteiger partial charge in [-0.25, -0.2) is 0 Å². The molecule has 1 aromatic carbocycles. The highest BCUT2D eigenvalue weighted by atomic mass is 35.5. The number of halogens is 1. The van der Waals surface area contributed by atoms with Crippen molar-refractivity contribution in [3.63, 3.8) is 0 Å². The Morgan fingerprint density at radius 3 is 3.06 bits per heavy atom. The Balaban J connectivity index is 1.94. The van der Waals surface area contributed by atoms with Crippen LogP contribution in [0.4, 0.5) is 11.4 Å². The van der Waals surface area contributed by atoms with Crippen molar-refractivity contribution in [3.05, 3.63) is 45.1 Å². The molecule has 0 unspecified atom stereocenters. The van der Waals surface area contributed by atoms with Crippen molar-refractivity contribution in [3.8, 4) is 0 Å². The van der Waals surface area contributed by atoms with Crippen molar-refractivity contribution in [2.45, 2.75) is 13.0 Å². The van der Waals surface area contributed by atoms with Gasteiger partial charge in [0.1, 0.15) is 0 Å². The molecule has 0 radical (unpaired) electrons. The molecule has 0 aliphatic carbocycles. The molecule has 1 aromatic heterocycles. The van der Waals surface area contributed by atoms with Gasteiger partial charge in [-0.3, -0.25) is 0 Å². The molecule has 17 heavy (non-hydrogen) atoms. The molecular formula is C13H13ClN2S. The highest BCUT2D eigenvalue weighted by molar-refractivity contribution is 7.10. The van der Waals surface area contributed by atoms with Gasteiger partial charge < -0.3 is 10.6 Å². The van der Waals surface area contributed by atoms with Crippen LogP contribution in [0.5, 0.6) is 0 Å². The Hall–Kier alpha value is -1.19. The molecule has 2 heterocycles. The fourth-order valence-corrected chi connectivity index (χ4v) is 3.31. The van der Waals surface area contributed by atoms with Gasteiger partial charge in [-0.15, -0.1) is 11.3 Å². The van der Waals surface area contributed by atoms with E-state index < -0.39 is 0 Å². The smallest absolute Gasteiger partial charge is 0.0741 e. The summed E-state index contributed by atoms with van der Waals surface area (Å²) >= 11 is 7.91. The molecule has 1 aliphatic heterocycles. The third kappa shape index (κ3) is 1.90. The first-order valence-electron chi connectivity index (χ1n) is 5.60. The minimum atomic E-state index is 0.638. The second-order valence-corrected chi connectivity index (χ2v) is 5.62. The number of anilines is 2. The van der Waals surface area contributed by atoms with Gasteiger partial charge in [0, 0.05) is 18.0 Å². The van der Waals surface area contributed by atoms with Crippen LogP contribution < -0.4 is 10.6 Å². The van der Waals surface area contributed by atoms with Crippen molar-refractivity contribution in [2.75, 3.05) is 17.2 Å². The molecule has 0 saturated carbocycles. The van der Waals surface area contributed by atoms with Crippen LogP contribution in [0.25, 0.3) is 0 Å². The van der Waals surface area contributed by atoms with Crippen LogP contribution >= 0.6 is 22.9 Å². The maximum Gasteiger partial charge on any atom is 0.0741 e. The van der Waals surface area contributed by atoms with E-state index in [9.17, 15) is 0 Å². The summed E-state index contributed by atoms with van der Waals surface area (Å²) < 4.78 is 0. The Labute approximate surface area is 110 Å². The molecule has 2 N–H and O–H groups in total. The monoisotopic (exact) mass is 264 g/mol. The van der Waals surface area contributed by atoms with Crippen molar-refractivity contribution in [2.24, 2.45) is 0 Å². The number of nitrogens with two attached hydrogens (primary N) is 1. The van der Waals surface area contributed by atoms with Gasteiger partial charge >= 0.3 is 0 Å². The van der Waals surface area contributed by atoms with E-state index in [1.807, 2.05) is 29.5 Å².